The molecule has 0 aliphatic rings. The molecule has 4 rings (SSSR count). The third-order valence-electron chi connectivity index (χ3n) is 5.72. The minimum atomic E-state index is -3.28. The van der Waals surface area contributed by atoms with E-state index < -0.39 is 15.8 Å². The van der Waals surface area contributed by atoms with Crippen LogP contribution in [0.25, 0.3) is 11.1 Å². The van der Waals surface area contributed by atoms with Gasteiger partial charge in [0.1, 0.15) is 6.61 Å². The lowest BCUT2D eigenvalue weighted by Crippen LogP contribution is -2.13. The number of ether oxygens (including phenoxy) is 2. The number of sulfone groups is 1. The maximum atomic E-state index is 12.6. The highest BCUT2D eigenvalue weighted by Crippen LogP contribution is 2.34. The molecule has 38 heavy (non-hydrogen) atoms. The van der Waals surface area contributed by atoms with Crippen molar-refractivity contribution in [3.63, 3.8) is 0 Å². The first-order valence-corrected chi connectivity index (χ1v) is 14.3. The Morgan fingerprint density at radius 3 is 2.39 bits per heavy atom. The molecular formula is C28H26N2O6S2. The monoisotopic (exact) mass is 550 g/mol. The van der Waals surface area contributed by atoms with Gasteiger partial charge in [0, 0.05) is 17.1 Å². The number of carbonyl (C=O) groups excluding carboxylic acids is 2. The van der Waals surface area contributed by atoms with Gasteiger partial charge in [-0.25, -0.2) is 18.2 Å². The number of thiophene rings is 1. The van der Waals surface area contributed by atoms with Crippen LogP contribution in [0.4, 0.5) is 5.00 Å². The van der Waals surface area contributed by atoms with Crippen molar-refractivity contribution in [2.24, 2.45) is 0 Å². The van der Waals surface area contributed by atoms with Gasteiger partial charge in [-0.3, -0.25) is 4.79 Å². The van der Waals surface area contributed by atoms with Crippen LogP contribution in [0.1, 0.15) is 28.4 Å². The molecule has 0 aliphatic carbocycles. The Bertz CT molecular complexity index is 1530. The van der Waals surface area contributed by atoms with Gasteiger partial charge in [-0.05, 0) is 59.2 Å². The number of rotatable bonds is 10. The van der Waals surface area contributed by atoms with Crippen molar-refractivity contribution in [1.82, 2.24) is 4.98 Å². The van der Waals surface area contributed by atoms with Gasteiger partial charge in [0.05, 0.1) is 34.7 Å². The molecule has 0 aliphatic heterocycles. The molecule has 196 valence electrons. The van der Waals surface area contributed by atoms with Crippen LogP contribution in [0.2, 0.25) is 0 Å². The van der Waals surface area contributed by atoms with E-state index in [1.165, 1.54) is 30.6 Å². The molecular weight excluding hydrogens is 524 g/mol. The van der Waals surface area contributed by atoms with Crippen LogP contribution in [-0.4, -0.2) is 38.1 Å². The van der Waals surface area contributed by atoms with Crippen LogP contribution in [0.3, 0.4) is 0 Å². The summed E-state index contributed by atoms with van der Waals surface area (Å²) >= 11 is 1.38. The molecule has 0 atom stereocenters. The summed E-state index contributed by atoms with van der Waals surface area (Å²) < 4.78 is 34.6. The predicted molar refractivity (Wildman–Crippen MR) is 146 cm³/mol. The highest BCUT2D eigenvalue weighted by atomic mass is 32.2. The van der Waals surface area contributed by atoms with Crippen molar-refractivity contribution in [2.45, 2.75) is 24.8 Å². The van der Waals surface area contributed by atoms with Crippen LogP contribution in [-0.2, 0) is 32.4 Å². The van der Waals surface area contributed by atoms with E-state index in [-0.39, 0.29) is 29.6 Å². The molecule has 0 fully saturated rings. The van der Waals surface area contributed by atoms with Gasteiger partial charge in [-0.2, -0.15) is 0 Å². The number of carbonyl (C=O) groups is 2. The Balaban J connectivity index is 1.39. The number of benzene rings is 2. The normalized spacial score (nSPS) is 11.1. The molecule has 0 saturated heterocycles. The zero-order chi connectivity index (χ0) is 27.1. The third kappa shape index (κ3) is 6.64. The summed E-state index contributed by atoms with van der Waals surface area (Å²) in [5, 5.41) is 5.48. The predicted octanol–water partition coefficient (Wildman–Crippen LogP) is 5.15. The van der Waals surface area contributed by atoms with Gasteiger partial charge < -0.3 is 14.8 Å². The largest absolute Gasteiger partial charge is 0.472 e. The van der Waals surface area contributed by atoms with E-state index in [4.69, 9.17) is 9.47 Å². The van der Waals surface area contributed by atoms with E-state index in [1.54, 1.807) is 49.5 Å². The maximum absolute atomic E-state index is 12.6. The highest BCUT2D eigenvalue weighted by molar-refractivity contribution is 7.91. The number of anilines is 1. The number of nitrogens with one attached hydrogen (secondary N) is 1. The Morgan fingerprint density at radius 1 is 1.00 bits per heavy atom. The average Bonchev–Trinajstić information content (AvgIpc) is 3.40. The fourth-order valence-corrected chi connectivity index (χ4v) is 5.32. The number of amides is 1. The molecule has 2 aromatic carbocycles. The van der Waals surface area contributed by atoms with Gasteiger partial charge in [0.2, 0.25) is 11.8 Å². The van der Waals surface area contributed by atoms with Crippen LogP contribution < -0.4 is 10.1 Å². The molecule has 1 N–H and O–H groups in total. The second-order valence-electron chi connectivity index (χ2n) is 8.31. The molecule has 0 radical (unpaired) electrons. The van der Waals surface area contributed by atoms with Crippen molar-refractivity contribution < 1.29 is 27.5 Å². The second kappa shape index (κ2) is 12.0. The van der Waals surface area contributed by atoms with Gasteiger partial charge in [-0.15, -0.1) is 11.3 Å². The van der Waals surface area contributed by atoms with E-state index in [1.807, 2.05) is 23.6 Å². The van der Waals surface area contributed by atoms with Crippen molar-refractivity contribution in [3.05, 3.63) is 95.0 Å². The summed E-state index contributed by atoms with van der Waals surface area (Å²) in [7, 11) is -1.94. The molecule has 0 bridgehead atoms. The molecule has 0 saturated carbocycles. The lowest BCUT2D eigenvalue weighted by molar-refractivity contribution is -0.115. The Hall–Kier alpha value is -4.02. The standard InChI is InChI=1S/C28H26N2O6S2/c1-3-38(33,34)23-12-8-19(9-13-23)15-25(31)30-26-16-22(18-37-26)24-5-4-14-29-27(24)36-17-20-6-10-21(11-7-20)28(32)35-2/h4-14,16,18H,3,15,17H2,1-2H3,(H,30,31). The van der Waals surface area contributed by atoms with E-state index in [9.17, 15) is 18.0 Å². The van der Waals surface area contributed by atoms with E-state index in [2.05, 4.69) is 10.3 Å². The van der Waals surface area contributed by atoms with Crippen LogP contribution >= 0.6 is 11.3 Å². The first kappa shape index (κ1) is 27.0. The molecule has 2 heterocycles. The SMILES string of the molecule is CCS(=O)(=O)c1ccc(CC(=O)Nc2cc(-c3cccnc3OCc3ccc(C(=O)OC)cc3)cs2)cc1. The van der Waals surface area contributed by atoms with Crippen LogP contribution in [0.15, 0.2) is 83.2 Å². The summed E-state index contributed by atoms with van der Waals surface area (Å²) in [6.45, 7) is 1.86. The Labute approximate surface area is 225 Å². The second-order valence-corrected chi connectivity index (χ2v) is 11.5. The minimum Gasteiger partial charge on any atom is -0.472 e. The van der Waals surface area contributed by atoms with E-state index in [0.29, 0.717) is 16.4 Å². The Kier molecular flexibility index (Phi) is 8.55. The summed E-state index contributed by atoms with van der Waals surface area (Å²) in [5.41, 5.74) is 3.68. The molecule has 1 amide bonds. The zero-order valence-electron chi connectivity index (χ0n) is 20.8. The topological polar surface area (TPSA) is 112 Å². The van der Waals surface area contributed by atoms with Gasteiger partial charge in [0.25, 0.3) is 0 Å². The molecule has 0 unspecified atom stereocenters. The number of esters is 1. The smallest absolute Gasteiger partial charge is 0.337 e. The number of hydrogen-bond donors (Lipinski definition) is 1. The lowest BCUT2D eigenvalue weighted by Gasteiger charge is -2.10. The summed E-state index contributed by atoms with van der Waals surface area (Å²) in [5.74, 6) is -0.128. The summed E-state index contributed by atoms with van der Waals surface area (Å²) in [6, 6.07) is 18.9. The number of methoxy groups -OCH3 is 1. The first-order chi connectivity index (χ1) is 18.3. The fourth-order valence-electron chi connectivity index (χ4n) is 3.62. The van der Waals surface area contributed by atoms with Gasteiger partial charge >= 0.3 is 5.97 Å². The highest BCUT2D eigenvalue weighted by Gasteiger charge is 2.14. The first-order valence-electron chi connectivity index (χ1n) is 11.7. The molecule has 0 spiro atoms. The molecule has 8 nitrogen and oxygen atoms in total. The van der Waals surface area contributed by atoms with E-state index in [0.717, 1.165) is 22.3 Å². The minimum absolute atomic E-state index is 0.0291. The van der Waals surface area contributed by atoms with Crippen LogP contribution in [0, 0.1) is 0 Å². The number of hydrogen-bond acceptors (Lipinski definition) is 8. The maximum Gasteiger partial charge on any atom is 0.337 e. The van der Waals surface area contributed by atoms with Crippen molar-refractivity contribution in [3.8, 4) is 17.0 Å². The van der Waals surface area contributed by atoms with Crippen molar-refractivity contribution in [2.75, 3.05) is 18.2 Å². The average molecular weight is 551 g/mol. The molecule has 10 heteroatoms. The summed E-state index contributed by atoms with van der Waals surface area (Å²) in [4.78, 5) is 28.8. The number of pyridine rings is 1. The molecule has 2 aromatic heterocycles. The molecule has 4 aromatic rings. The van der Waals surface area contributed by atoms with Crippen molar-refractivity contribution >= 4 is 38.1 Å². The fraction of sp³-hybridized carbons (Fsp3) is 0.179. The van der Waals surface area contributed by atoms with E-state index >= 15 is 0 Å². The van der Waals surface area contributed by atoms with Gasteiger partial charge in [-0.1, -0.05) is 31.2 Å². The van der Waals surface area contributed by atoms with Crippen LogP contribution in [0.5, 0.6) is 5.88 Å². The number of aromatic nitrogens is 1. The van der Waals surface area contributed by atoms with Crippen molar-refractivity contribution in [1.29, 1.82) is 0 Å². The zero-order valence-corrected chi connectivity index (χ0v) is 22.5. The quantitative estimate of drug-likeness (QED) is 0.272. The Morgan fingerprint density at radius 2 is 1.71 bits per heavy atom. The third-order valence-corrected chi connectivity index (χ3v) is 8.32. The summed E-state index contributed by atoms with van der Waals surface area (Å²) in [6.07, 6.45) is 1.76. The lowest BCUT2D eigenvalue weighted by atomic mass is 10.1. The number of nitrogens with zero attached hydrogens (tertiary/aromatic N) is 1. The van der Waals surface area contributed by atoms with Gasteiger partial charge in [0.15, 0.2) is 9.84 Å².